The minimum Gasteiger partial charge on any atom is -0.355 e. The largest absolute Gasteiger partial charge is 0.355 e. The van der Waals surface area contributed by atoms with Crippen molar-refractivity contribution in [2.45, 2.75) is 20.4 Å². The number of nitrogens with one attached hydrogen (secondary N) is 2. The van der Waals surface area contributed by atoms with Crippen molar-refractivity contribution in [2.75, 3.05) is 39.0 Å². The molecule has 0 saturated carbocycles. The molecule has 0 atom stereocenters. The van der Waals surface area contributed by atoms with E-state index >= 15 is 0 Å². The van der Waals surface area contributed by atoms with Crippen molar-refractivity contribution >= 4 is 23.4 Å². The first-order valence-electron chi connectivity index (χ1n) is 10.1. The van der Waals surface area contributed by atoms with Gasteiger partial charge in [-0.25, -0.2) is 0 Å². The molecule has 0 unspecified atom stereocenters. The van der Waals surface area contributed by atoms with E-state index in [0.29, 0.717) is 36.4 Å². The van der Waals surface area contributed by atoms with Crippen LogP contribution in [0.4, 0.5) is 5.69 Å². The molecule has 2 aromatic rings. The number of anilines is 1. The first kappa shape index (κ1) is 23.1. The Hall–Kier alpha value is -3.19. The normalized spacial score (nSPS) is 10.6. The Labute approximate surface area is 178 Å². The van der Waals surface area contributed by atoms with Crippen LogP contribution in [0.25, 0.3) is 0 Å². The van der Waals surface area contributed by atoms with Crippen molar-refractivity contribution in [1.29, 1.82) is 0 Å². The average molecular weight is 411 g/mol. The maximum absolute atomic E-state index is 12.5. The average Bonchev–Trinajstić information content (AvgIpc) is 2.74. The van der Waals surface area contributed by atoms with Crippen molar-refractivity contribution in [3.8, 4) is 0 Å². The molecule has 0 aliphatic carbocycles. The Morgan fingerprint density at radius 3 is 2.20 bits per heavy atom. The van der Waals surface area contributed by atoms with Gasteiger partial charge < -0.3 is 15.5 Å². The van der Waals surface area contributed by atoms with Crippen molar-refractivity contribution in [3.05, 3.63) is 65.2 Å². The van der Waals surface area contributed by atoms with Gasteiger partial charge in [0.15, 0.2) is 0 Å². The predicted molar refractivity (Wildman–Crippen MR) is 118 cm³/mol. The number of likely N-dealkylation sites (N-methyl/N-ethyl adjacent to an activating group) is 1. The molecule has 2 N–H and O–H groups in total. The summed E-state index contributed by atoms with van der Waals surface area (Å²) in [5.41, 5.74) is 2.76. The lowest BCUT2D eigenvalue weighted by atomic mass is 10.1. The van der Waals surface area contributed by atoms with E-state index < -0.39 is 0 Å². The number of nitrogens with zero attached hydrogens (tertiary/aromatic N) is 2. The molecule has 30 heavy (non-hydrogen) atoms. The Morgan fingerprint density at radius 2 is 1.60 bits per heavy atom. The number of rotatable bonds is 9. The number of amides is 3. The maximum Gasteiger partial charge on any atom is 0.253 e. The maximum atomic E-state index is 12.5. The predicted octanol–water partition coefficient (Wildman–Crippen LogP) is 2.60. The molecule has 2 aromatic carbocycles. The number of hydrogen-bond donors (Lipinski definition) is 2. The molecule has 160 valence electrons. The van der Waals surface area contributed by atoms with E-state index in [1.807, 2.05) is 37.9 Å². The van der Waals surface area contributed by atoms with Crippen molar-refractivity contribution in [3.63, 3.8) is 0 Å². The minimum absolute atomic E-state index is 0.0478. The molecule has 0 saturated heterocycles. The van der Waals surface area contributed by atoms with E-state index in [4.69, 9.17) is 0 Å². The van der Waals surface area contributed by atoms with Gasteiger partial charge in [0.05, 0.1) is 6.54 Å². The van der Waals surface area contributed by atoms with Gasteiger partial charge in [-0.3, -0.25) is 19.3 Å². The Bertz CT molecular complexity index is 876. The molecule has 7 nitrogen and oxygen atoms in total. The number of hydrogen-bond acceptors (Lipinski definition) is 4. The summed E-state index contributed by atoms with van der Waals surface area (Å²) in [4.78, 5) is 40.1. The van der Waals surface area contributed by atoms with Crippen LogP contribution in [0.2, 0.25) is 0 Å². The van der Waals surface area contributed by atoms with Crippen molar-refractivity contribution in [1.82, 2.24) is 15.1 Å². The summed E-state index contributed by atoms with van der Waals surface area (Å²) in [6, 6.07) is 14.3. The zero-order valence-electron chi connectivity index (χ0n) is 18.1. The minimum atomic E-state index is -0.160. The molecule has 0 aliphatic heterocycles. The summed E-state index contributed by atoms with van der Waals surface area (Å²) < 4.78 is 0. The van der Waals surface area contributed by atoms with Gasteiger partial charge in [0.1, 0.15) is 0 Å². The highest BCUT2D eigenvalue weighted by molar-refractivity contribution is 5.97. The second-order valence-electron chi connectivity index (χ2n) is 7.05. The fraction of sp³-hybridized carbons (Fsp3) is 0.348. The molecule has 0 aromatic heterocycles. The topological polar surface area (TPSA) is 81.8 Å². The Balaban J connectivity index is 1.93. The lowest BCUT2D eigenvalue weighted by Gasteiger charge is -2.19. The highest BCUT2D eigenvalue weighted by Crippen LogP contribution is 2.13. The molecule has 0 bridgehead atoms. The fourth-order valence-corrected chi connectivity index (χ4v) is 3.14. The monoisotopic (exact) mass is 410 g/mol. The molecule has 3 amide bonds. The van der Waals surface area contributed by atoms with Crippen molar-refractivity contribution < 1.29 is 14.4 Å². The molecule has 7 heteroatoms. The van der Waals surface area contributed by atoms with E-state index in [1.165, 1.54) is 0 Å². The second-order valence-corrected chi connectivity index (χ2v) is 7.05. The summed E-state index contributed by atoms with van der Waals surface area (Å²) in [5, 5.41) is 5.44. The van der Waals surface area contributed by atoms with Crippen LogP contribution in [-0.4, -0.2) is 61.3 Å². The van der Waals surface area contributed by atoms with Crippen molar-refractivity contribution in [2.24, 2.45) is 0 Å². The van der Waals surface area contributed by atoms with E-state index in [1.54, 1.807) is 48.3 Å². The van der Waals surface area contributed by atoms with Gasteiger partial charge >= 0.3 is 0 Å². The highest BCUT2D eigenvalue weighted by Gasteiger charge is 2.14. The molecule has 0 aliphatic rings. The van der Waals surface area contributed by atoms with Crippen LogP contribution >= 0.6 is 0 Å². The third-order valence-electron chi connectivity index (χ3n) is 4.75. The molecule has 0 heterocycles. The molecular formula is C23H30N4O3. The molecular weight excluding hydrogens is 380 g/mol. The molecule has 0 fully saturated rings. The zero-order valence-corrected chi connectivity index (χ0v) is 18.1. The fourth-order valence-electron chi connectivity index (χ4n) is 3.14. The van der Waals surface area contributed by atoms with Crippen LogP contribution in [-0.2, 0) is 11.3 Å². The summed E-state index contributed by atoms with van der Waals surface area (Å²) in [5.74, 6) is -0.337. The molecule has 0 radical (unpaired) electrons. The third kappa shape index (κ3) is 6.42. The number of carbonyl (C=O) groups excluding carboxylic acids is 3. The third-order valence-corrected chi connectivity index (χ3v) is 4.75. The summed E-state index contributed by atoms with van der Waals surface area (Å²) >= 11 is 0. The van der Waals surface area contributed by atoms with Crippen LogP contribution in [0.15, 0.2) is 48.5 Å². The van der Waals surface area contributed by atoms with E-state index in [2.05, 4.69) is 10.6 Å². The number of carbonyl (C=O) groups is 3. The van der Waals surface area contributed by atoms with Gasteiger partial charge in [-0.2, -0.15) is 0 Å². The Kier molecular flexibility index (Phi) is 8.55. The van der Waals surface area contributed by atoms with Gasteiger partial charge in [0.25, 0.3) is 11.8 Å². The lowest BCUT2D eigenvalue weighted by molar-refractivity contribution is -0.117. The lowest BCUT2D eigenvalue weighted by Crippen LogP contribution is -2.31. The molecule has 2 rings (SSSR count). The van der Waals surface area contributed by atoms with Gasteiger partial charge in [0, 0.05) is 43.5 Å². The first-order valence-corrected chi connectivity index (χ1v) is 10.1. The van der Waals surface area contributed by atoms with Gasteiger partial charge in [-0.15, -0.1) is 0 Å². The van der Waals surface area contributed by atoms with Crippen LogP contribution < -0.4 is 10.6 Å². The van der Waals surface area contributed by atoms with E-state index in [-0.39, 0.29) is 24.3 Å². The van der Waals surface area contributed by atoms with Crippen LogP contribution in [0.3, 0.4) is 0 Å². The Morgan fingerprint density at radius 1 is 0.933 bits per heavy atom. The SMILES string of the molecule is CCN(CC)C(=O)c1cccc(NC(=O)CN(C)Cc2ccc(C(=O)NC)cc2)c1. The summed E-state index contributed by atoms with van der Waals surface area (Å²) in [7, 11) is 3.45. The number of benzene rings is 2. The summed E-state index contributed by atoms with van der Waals surface area (Å²) in [6.45, 7) is 5.93. The summed E-state index contributed by atoms with van der Waals surface area (Å²) in [6.07, 6.45) is 0. The van der Waals surface area contributed by atoms with Gasteiger partial charge in [-0.1, -0.05) is 18.2 Å². The standard InChI is InChI=1S/C23H30N4O3/c1-5-27(6-2)23(30)19-8-7-9-20(14-19)25-21(28)16-26(4)15-17-10-12-18(13-11-17)22(29)24-3/h7-14H,5-6,15-16H2,1-4H3,(H,24,29)(H,25,28). The first-order chi connectivity index (χ1) is 14.4. The second kappa shape index (κ2) is 11.1. The zero-order chi connectivity index (χ0) is 22.1. The smallest absolute Gasteiger partial charge is 0.253 e. The van der Waals surface area contributed by atoms with Crippen LogP contribution in [0.5, 0.6) is 0 Å². The van der Waals surface area contributed by atoms with Gasteiger partial charge in [-0.05, 0) is 56.8 Å². The molecule has 0 spiro atoms. The van der Waals surface area contributed by atoms with E-state index in [0.717, 1.165) is 5.56 Å². The van der Waals surface area contributed by atoms with E-state index in [9.17, 15) is 14.4 Å². The quantitative estimate of drug-likeness (QED) is 0.666. The van der Waals surface area contributed by atoms with Gasteiger partial charge in [0.2, 0.25) is 5.91 Å². The van der Waals surface area contributed by atoms with Crippen LogP contribution in [0, 0.1) is 0 Å². The highest BCUT2D eigenvalue weighted by atomic mass is 16.2. The van der Waals surface area contributed by atoms with Crippen LogP contribution in [0.1, 0.15) is 40.1 Å².